The summed E-state index contributed by atoms with van der Waals surface area (Å²) in [7, 11) is 0. The second-order valence-electron chi connectivity index (χ2n) is 5.83. The monoisotopic (exact) mass is 344 g/mol. The molecule has 3 aromatic rings. The predicted molar refractivity (Wildman–Crippen MR) is 93.3 cm³/mol. The van der Waals surface area contributed by atoms with Crippen molar-refractivity contribution in [3.05, 3.63) is 51.8 Å². The standard InChI is InChI=1S/C18H17ClN2O3/c1-8-9(2)20-17-13(8)15(11-4-6-12(19)7-5-11)14(10(3)21-17)16(22)18(23)24/h4-7,16,22H,1-3H3,(H,20,21)(H,23,24). The van der Waals surface area contributed by atoms with Crippen LogP contribution in [-0.4, -0.2) is 26.2 Å². The van der Waals surface area contributed by atoms with Gasteiger partial charge in [-0.2, -0.15) is 0 Å². The first-order valence-corrected chi connectivity index (χ1v) is 7.85. The van der Waals surface area contributed by atoms with Crippen molar-refractivity contribution in [3.8, 4) is 11.1 Å². The van der Waals surface area contributed by atoms with Crippen molar-refractivity contribution in [2.24, 2.45) is 0 Å². The van der Waals surface area contributed by atoms with E-state index in [1.807, 2.05) is 26.0 Å². The highest BCUT2D eigenvalue weighted by atomic mass is 35.5. The van der Waals surface area contributed by atoms with E-state index in [1.165, 1.54) is 0 Å². The van der Waals surface area contributed by atoms with E-state index in [0.717, 1.165) is 22.2 Å². The molecule has 0 saturated carbocycles. The third kappa shape index (κ3) is 2.56. The van der Waals surface area contributed by atoms with E-state index in [4.69, 9.17) is 11.6 Å². The van der Waals surface area contributed by atoms with Gasteiger partial charge in [0.15, 0.2) is 6.10 Å². The summed E-state index contributed by atoms with van der Waals surface area (Å²) in [5.74, 6) is -1.31. The number of H-pyrrole nitrogens is 1. The van der Waals surface area contributed by atoms with Gasteiger partial charge in [0, 0.05) is 32.9 Å². The molecule has 6 heteroatoms. The Hall–Kier alpha value is -2.37. The normalized spacial score (nSPS) is 12.5. The molecule has 0 bridgehead atoms. The molecular weight excluding hydrogens is 328 g/mol. The van der Waals surface area contributed by atoms with Crippen molar-refractivity contribution in [2.75, 3.05) is 0 Å². The van der Waals surface area contributed by atoms with E-state index >= 15 is 0 Å². The number of fused-ring (bicyclic) bond motifs is 1. The Morgan fingerprint density at radius 2 is 1.83 bits per heavy atom. The number of nitrogens with one attached hydrogen (secondary N) is 1. The number of aliphatic carboxylic acids is 1. The van der Waals surface area contributed by atoms with E-state index in [9.17, 15) is 15.0 Å². The van der Waals surface area contributed by atoms with Gasteiger partial charge in [0.05, 0.1) is 0 Å². The van der Waals surface area contributed by atoms with Gasteiger partial charge in [0.1, 0.15) is 5.65 Å². The zero-order chi connectivity index (χ0) is 17.6. The van der Waals surface area contributed by atoms with Crippen LogP contribution >= 0.6 is 11.6 Å². The molecule has 0 aliphatic carbocycles. The Morgan fingerprint density at radius 3 is 2.42 bits per heavy atom. The third-order valence-electron chi connectivity index (χ3n) is 4.31. The maximum atomic E-state index is 11.4. The summed E-state index contributed by atoms with van der Waals surface area (Å²) in [5.41, 5.74) is 4.84. The van der Waals surface area contributed by atoms with Crippen molar-refractivity contribution >= 4 is 28.6 Å². The Balaban J connectivity index is 2.47. The minimum Gasteiger partial charge on any atom is -0.479 e. The Kier molecular flexibility index (Phi) is 4.07. The second kappa shape index (κ2) is 5.92. The van der Waals surface area contributed by atoms with Crippen LogP contribution in [0, 0.1) is 20.8 Å². The number of halogens is 1. The van der Waals surface area contributed by atoms with Gasteiger partial charge in [-0.3, -0.25) is 0 Å². The topological polar surface area (TPSA) is 86.2 Å². The molecule has 0 aliphatic heterocycles. The van der Waals surface area contributed by atoms with Crippen LogP contribution in [0.2, 0.25) is 5.02 Å². The molecule has 0 amide bonds. The van der Waals surface area contributed by atoms with E-state index in [-0.39, 0.29) is 0 Å². The Labute approximate surface area is 143 Å². The van der Waals surface area contributed by atoms with E-state index in [2.05, 4.69) is 9.97 Å². The average molecular weight is 345 g/mol. The fourth-order valence-electron chi connectivity index (χ4n) is 3.01. The summed E-state index contributed by atoms with van der Waals surface area (Å²) >= 11 is 5.97. The van der Waals surface area contributed by atoms with Gasteiger partial charge in [0.2, 0.25) is 0 Å². The molecule has 0 aliphatic rings. The molecule has 0 saturated heterocycles. The molecule has 0 radical (unpaired) electrons. The number of carboxylic acid groups (broad SMARTS) is 1. The van der Waals surface area contributed by atoms with Crippen LogP contribution < -0.4 is 0 Å². The van der Waals surface area contributed by atoms with Crippen LogP contribution in [0.1, 0.15) is 28.6 Å². The van der Waals surface area contributed by atoms with E-state index < -0.39 is 12.1 Å². The number of aromatic amines is 1. The molecule has 0 spiro atoms. The second-order valence-corrected chi connectivity index (χ2v) is 6.27. The zero-order valence-corrected chi connectivity index (χ0v) is 14.3. The zero-order valence-electron chi connectivity index (χ0n) is 13.5. The lowest BCUT2D eigenvalue weighted by Gasteiger charge is -2.17. The molecule has 2 aromatic heterocycles. The number of hydrogen-bond donors (Lipinski definition) is 3. The van der Waals surface area contributed by atoms with Crippen LogP contribution in [0.25, 0.3) is 22.2 Å². The summed E-state index contributed by atoms with van der Waals surface area (Å²) in [6.45, 7) is 5.58. The lowest BCUT2D eigenvalue weighted by Crippen LogP contribution is -2.14. The molecule has 3 N–H and O–H groups in total. The number of carboxylic acids is 1. The maximum absolute atomic E-state index is 11.4. The number of aromatic nitrogens is 2. The molecule has 124 valence electrons. The molecule has 0 fully saturated rings. The Morgan fingerprint density at radius 1 is 1.21 bits per heavy atom. The van der Waals surface area contributed by atoms with Gasteiger partial charge < -0.3 is 15.2 Å². The van der Waals surface area contributed by atoms with Gasteiger partial charge >= 0.3 is 5.97 Å². The minimum atomic E-state index is -1.65. The quantitative estimate of drug-likeness (QED) is 0.672. The molecule has 24 heavy (non-hydrogen) atoms. The summed E-state index contributed by atoms with van der Waals surface area (Å²) in [6.07, 6.45) is -1.65. The van der Waals surface area contributed by atoms with Gasteiger partial charge in [-0.15, -0.1) is 0 Å². The third-order valence-corrected chi connectivity index (χ3v) is 4.56. The van der Waals surface area contributed by atoms with Crippen LogP contribution in [0.4, 0.5) is 0 Å². The van der Waals surface area contributed by atoms with Crippen molar-refractivity contribution < 1.29 is 15.0 Å². The van der Waals surface area contributed by atoms with Gasteiger partial charge in [0.25, 0.3) is 0 Å². The van der Waals surface area contributed by atoms with Crippen LogP contribution in [0.3, 0.4) is 0 Å². The summed E-state index contributed by atoms with van der Waals surface area (Å²) in [6, 6.07) is 7.11. The number of rotatable bonds is 3. The highest BCUT2D eigenvalue weighted by molar-refractivity contribution is 6.30. The number of pyridine rings is 1. The molecule has 2 heterocycles. The number of aliphatic hydroxyl groups is 1. The Bertz CT molecular complexity index is 945. The molecule has 1 unspecified atom stereocenters. The number of benzene rings is 1. The molecular formula is C18H17ClN2O3. The number of aryl methyl sites for hydroxylation is 3. The van der Waals surface area contributed by atoms with Gasteiger partial charge in [-0.25, -0.2) is 9.78 Å². The van der Waals surface area contributed by atoms with Crippen molar-refractivity contribution in [1.29, 1.82) is 0 Å². The molecule has 1 atom stereocenters. The van der Waals surface area contributed by atoms with E-state index in [1.54, 1.807) is 19.1 Å². The van der Waals surface area contributed by atoms with Crippen molar-refractivity contribution in [3.63, 3.8) is 0 Å². The number of hydrogen-bond acceptors (Lipinski definition) is 3. The van der Waals surface area contributed by atoms with E-state index in [0.29, 0.717) is 27.5 Å². The smallest absolute Gasteiger partial charge is 0.337 e. The van der Waals surface area contributed by atoms with Crippen LogP contribution in [0.5, 0.6) is 0 Å². The highest BCUT2D eigenvalue weighted by Crippen LogP contribution is 2.39. The summed E-state index contributed by atoms with van der Waals surface area (Å²) in [5, 5.41) is 21.0. The van der Waals surface area contributed by atoms with Gasteiger partial charge in [-0.1, -0.05) is 23.7 Å². The largest absolute Gasteiger partial charge is 0.479 e. The fraction of sp³-hybridized carbons (Fsp3) is 0.222. The summed E-state index contributed by atoms with van der Waals surface area (Å²) in [4.78, 5) is 19.1. The lowest BCUT2D eigenvalue weighted by atomic mass is 9.91. The molecule has 3 rings (SSSR count). The van der Waals surface area contributed by atoms with Gasteiger partial charge in [-0.05, 0) is 44.0 Å². The minimum absolute atomic E-state index is 0.305. The van der Waals surface area contributed by atoms with Crippen LogP contribution in [0.15, 0.2) is 24.3 Å². The fourth-order valence-corrected chi connectivity index (χ4v) is 3.13. The predicted octanol–water partition coefficient (Wildman–Crippen LogP) is 3.93. The first-order valence-electron chi connectivity index (χ1n) is 7.47. The van der Waals surface area contributed by atoms with Crippen molar-refractivity contribution in [1.82, 2.24) is 9.97 Å². The molecule has 5 nitrogen and oxygen atoms in total. The number of aliphatic hydroxyl groups excluding tert-OH is 1. The van der Waals surface area contributed by atoms with Crippen molar-refractivity contribution in [2.45, 2.75) is 26.9 Å². The number of nitrogens with zero attached hydrogens (tertiary/aromatic N) is 1. The maximum Gasteiger partial charge on any atom is 0.337 e. The summed E-state index contributed by atoms with van der Waals surface area (Å²) < 4.78 is 0. The average Bonchev–Trinajstić information content (AvgIpc) is 2.80. The first kappa shape index (κ1) is 16.5. The molecule has 1 aromatic carbocycles. The van der Waals surface area contributed by atoms with Crippen LogP contribution in [-0.2, 0) is 4.79 Å². The lowest BCUT2D eigenvalue weighted by molar-refractivity contribution is -0.146. The number of carbonyl (C=O) groups is 1. The SMILES string of the molecule is Cc1nc2[nH]c(C)c(C)c2c(-c2ccc(Cl)cc2)c1C(O)C(=O)O. The first-order chi connectivity index (χ1) is 11.3. The highest BCUT2D eigenvalue weighted by Gasteiger charge is 2.27.